The fourth-order valence-corrected chi connectivity index (χ4v) is 2.20. The lowest BCUT2D eigenvalue weighted by atomic mass is 10.3. The van der Waals surface area contributed by atoms with E-state index in [1.807, 2.05) is 18.2 Å². The highest BCUT2D eigenvalue weighted by molar-refractivity contribution is 6.07. The monoisotopic (exact) mass is 310 g/mol. The average Bonchev–Trinajstić information content (AvgIpc) is 2.94. The molecule has 116 valence electrons. The number of ether oxygens (including phenoxy) is 1. The molecule has 2 aromatic heterocycles. The summed E-state index contributed by atoms with van der Waals surface area (Å²) >= 11 is 0. The Morgan fingerprint density at radius 2 is 1.96 bits per heavy atom. The number of esters is 1. The van der Waals surface area contributed by atoms with Gasteiger partial charge in [0.05, 0.1) is 30.0 Å². The second-order valence-electron chi connectivity index (χ2n) is 4.93. The number of nitrogens with one attached hydrogen (secondary N) is 2. The fourth-order valence-electron chi connectivity index (χ4n) is 2.20. The van der Waals surface area contributed by atoms with Crippen LogP contribution in [0.1, 0.15) is 26.7 Å². The molecule has 0 aliphatic carbocycles. The molecule has 23 heavy (non-hydrogen) atoms. The molecule has 0 radical (unpaired) electrons. The summed E-state index contributed by atoms with van der Waals surface area (Å²) in [7, 11) is 1.28. The number of benzene rings is 1. The molecule has 2 heterocycles. The Bertz CT molecular complexity index is 901. The van der Waals surface area contributed by atoms with Gasteiger partial charge in [0.15, 0.2) is 0 Å². The van der Waals surface area contributed by atoms with Gasteiger partial charge in [-0.3, -0.25) is 9.78 Å². The summed E-state index contributed by atoms with van der Waals surface area (Å²) in [4.78, 5) is 35.4. The van der Waals surface area contributed by atoms with Crippen LogP contribution in [0.2, 0.25) is 0 Å². The summed E-state index contributed by atoms with van der Waals surface area (Å²) in [6.45, 7) is 1.78. The summed E-state index contributed by atoms with van der Waals surface area (Å²) in [5.74, 6) is -1.01. The predicted molar refractivity (Wildman–Crippen MR) is 84.4 cm³/mol. The van der Waals surface area contributed by atoms with Gasteiger partial charge in [-0.1, -0.05) is 12.1 Å². The highest BCUT2D eigenvalue weighted by atomic mass is 16.5. The number of fused-ring (bicyclic) bond motifs is 1. The van der Waals surface area contributed by atoms with E-state index in [1.165, 1.54) is 13.3 Å². The van der Waals surface area contributed by atoms with Crippen molar-refractivity contribution >= 4 is 28.6 Å². The van der Waals surface area contributed by atoms with Gasteiger partial charge >= 0.3 is 5.97 Å². The van der Waals surface area contributed by atoms with Gasteiger partial charge in [-0.25, -0.2) is 9.78 Å². The number of aromatic nitrogens is 3. The Morgan fingerprint density at radius 3 is 2.70 bits per heavy atom. The third-order valence-corrected chi connectivity index (χ3v) is 3.27. The van der Waals surface area contributed by atoms with Gasteiger partial charge in [0.25, 0.3) is 5.91 Å². The first kappa shape index (κ1) is 14.7. The van der Waals surface area contributed by atoms with Crippen molar-refractivity contribution in [3.05, 3.63) is 53.6 Å². The number of aryl methyl sites for hydroxylation is 1. The molecule has 0 saturated heterocycles. The van der Waals surface area contributed by atoms with Crippen LogP contribution >= 0.6 is 0 Å². The van der Waals surface area contributed by atoms with Crippen LogP contribution in [0.15, 0.2) is 36.5 Å². The van der Waals surface area contributed by atoms with Crippen molar-refractivity contribution in [3.8, 4) is 0 Å². The molecular formula is C16H14N4O3. The van der Waals surface area contributed by atoms with Gasteiger partial charge in [-0.2, -0.15) is 0 Å². The summed E-state index contributed by atoms with van der Waals surface area (Å²) in [6, 6.07) is 8.92. The number of amides is 1. The quantitative estimate of drug-likeness (QED) is 0.723. The van der Waals surface area contributed by atoms with E-state index in [2.05, 4.69) is 25.0 Å². The van der Waals surface area contributed by atoms with Crippen molar-refractivity contribution in [2.45, 2.75) is 6.92 Å². The molecule has 1 amide bonds. The van der Waals surface area contributed by atoms with E-state index >= 15 is 0 Å². The van der Waals surface area contributed by atoms with Gasteiger partial charge in [0, 0.05) is 5.69 Å². The van der Waals surface area contributed by atoms with E-state index in [-0.39, 0.29) is 11.4 Å². The second kappa shape index (κ2) is 5.88. The molecule has 3 aromatic rings. The minimum atomic E-state index is -0.557. The number of para-hydroxylation sites is 2. The van der Waals surface area contributed by atoms with E-state index in [9.17, 15) is 9.59 Å². The Balaban J connectivity index is 1.90. The molecule has 0 saturated carbocycles. The number of carbonyl (C=O) groups excluding carboxylic acids is 2. The zero-order chi connectivity index (χ0) is 16.4. The lowest BCUT2D eigenvalue weighted by molar-refractivity contribution is 0.0596. The fraction of sp³-hybridized carbons (Fsp3) is 0.125. The largest absolute Gasteiger partial charge is 0.464 e. The molecule has 0 unspecified atom stereocenters. The van der Waals surface area contributed by atoms with E-state index in [4.69, 9.17) is 0 Å². The Labute approximate surface area is 131 Å². The van der Waals surface area contributed by atoms with Crippen LogP contribution in [-0.4, -0.2) is 33.9 Å². The Kier molecular flexibility index (Phi) is 3.76. The number of hydrogen-bond acceptors (Lipinski definition) is 5. The highest BCUT2D eigenvalue weighted by Gasteiger charge is 2.18. The second-order valence-corrected chi connectivity index (χ2v) is 4.93. The number of H-pyrrole nitrogens is 1. The third-order valence-electron chi connectivity index (χ3n) is 3.27. The number of anilines is 1. The molecule has 7 nitrogen and oxygen atoms in total. The van der Waals surface area contributed by atoms with Crippen molar-refractivity contribution in [2.24, 2.45) is 0 Å². The number of hydrogen-bond donors (Lipinski definition) is 2. The molecule has 3 rings (SSSR count). The molecule has 0 fully saturated rings. The normalized spacial score (nSPS) is 10.5. The maximum Gasteiger partial charge on any atom is 0.356 e. The average molecular weight is 310 g/mol. The maximum absolute atomic E-state index is 12.4. The lowest BCUT2D eigenvalue weighted by Crippen LogP contribution is -2.16. The van der Waals surface area contributed by atoms with Gasteiger partial charge in [-0.05, 0) is 25.1 Å². The summed E-state index contributed by atoms with van der Waals surface area (Å²) in [5, 5.41) is 2.65. The van der Waals surface area contributed by atoms with Crippen LogP contribution in [0.4, 0.5) is 5.69 Å². The minimum Gasteiger partial charge on any atom is -0.464 e. The maximum atomic E-state index is 12.4. The van der Waals surface area contributed by atoms with Crippen molar-refractivity contribution in [1.29, 1.82) is 0 Å². The van der Waals surface area contributed by atoms with Crippen molar-refractivity contribution < 1.29 is 14.3 Å². The van der Waals surface area contributed by atoms with Crippen molar-refractivity contribution in [1.82, 2.24) is 15.0 Å². The zero-order valence-corrected chi connectivity index (χ0v) is 12.6. The molecule has 2 N–H and O–H groups in total. The molecule has 0 bridgehead atoms. The first-order valence-corrected chi connectivity index (χ1v) is 6.89. The zero-order valence-electron chi connectivity index (χ0n) is 12.6. The van der Waals surface area contributed by atoms with Gasteiger partial charge in [0.2, 0.25) is 0 Å². The molecule has 0 aliphatic rings. The highest BCUT2D eigenvalue weighted by Crippen LogP contribution is 2.19. The predicted octanol–water partition coefficient (Wildman–Crippen LogP) is 2.31. The first-order valence-electron chi connectivity index (χ1n) is 6.89. The molecule has 0 atom stereocenters. The van der Waals surface area contributed by atoms with Crippen molar-refractivity contribution in [3.63, 3.8) is 0 Å². The lowest BCUT2D eigenvalue weighted by Gasteiger charge is -2.05. The summed E-state index contributed by atoms with van der Waals surface area (Å²) in [5.41, 5.74) is 2.75. The topological polar surface area (TPSA) is 97.0 Å². The van der Waals surface area contributed by atoms with Crippen LogP contribution in [0, 0.1) is 6.92 Å². The standard InChI is InChI=1S/C16H14N4O3/c1-9-7-12(14(18-9)16(22)23-2)20-15(21)13-8-17-10-5-3-4-6-11(10)19-13/h3-8,18H,1-2H3,(H,20,21). The van der Waals surface area contributed by atoms with E-state index in [0.29, 0.717) is 16.7 Å². The number of carbonyl (C=O) groups is 2. The molecule has 0 spiro atoms. The van der Waals surface area contributed by atoms with Gasteiger partial charge < -0.3 is 15.0 Å². The minimum absolute atomic E-state index is 0.165. The van der Waals surface area contributed by atoms with E-state index in [0.717, 1.165) is 5.69 Å². The number of aromatic amines is 1. The molecule has 7 heteroatoms. The smallest absolute Gasteiger partial charge is 0.356 e. The van der Waals surface area contributed by atoms with Crippen LogP contribution in [0.25, 0.3) is 11.0 Å². The van der Waals surface area contributed by atoms with Gasteiger partial charge in [-0.15, -0.1) is 0 Å². The number of nitrogens with zero attached hydrogens (tertiary/aromatic N) is 2. The van der Waals surface area contributed by atoms with Crippen LogP contribution in [0.3, 0.4) is 0 Å². The van der Waals surface area contributed by atoms with E-state index in [1.54, 1.807) is 19.1 Å². The van der Waals surface area contributed by atoms with Gasteiger partial charge in [0.1, 0.15) is 11.4 Å². The Hall–Kier alpha value is -3.22. The molecule has 1 aromatic carbocycles. The third kappa shape index (κ3) is 2.89. The summed E-state index contributed by atoms with van der Waals surface area (Å²) in [6.07, 6.45) is 1.40. The van der Waals surface area contributed by atoms with Crippen LogP contribution < -0.4 is 5.32 Å². The van der Waals surface area contributed by atoms with Crippen LogP contribution in [0.5, 0.6) is 0 Å². The number of methoxy groups -OCH3 is 1. The summed E-state index contributed by atoms with van der Waals surface area (Å²) < 4.78 is 4.69. The Morgan fingerprint density at radius 1 is 1.22 bits per heavy atom. The van der Waals surface area contributed by atoms with Crippen LogP contribution in [-0.2, 0) is 4.74 Å². The first-order chi connectivity index (χ1) is 11.1. The molecule has 0 aliphatic heterocycles. The molecular weight excluding hydrogens is 296 g/mol. The number of rotatable bonds is 3. The van der Waals surface area contributed by atoms with Crippen molar-refractivity contribution in [2.75, 3.05) is 12.4 Å². The SMILES string of the molecule is COC(=O)c1[nH]c(C)cc1NC(=O)c1cnc2ccccc2n1. The van der Waals surface area contributed by atoms with E-state index < -0.39 is 11.9 Å².